The average molecular weight is 510 g/mol. The molecular formula is C21H31IN6O. The SMILES string of the molecule is COCCN1C=C2C(=NC(N3CCCNCC3)N2Cc2ccccc2I)N(C)C1. The number of methoxy groups -OCH3 is 1. The van der Waals surface area contributed by atoms with Crippen LogP contribution in [0.2, 0.25) is 0 Å². The molecule has 1 atom stereocenters. The molecule has 3 aliphatic rings. The number of likely N-dealkylation sites (N-methyl/N-ethyl adjacent to an activating group) is 1. The number of nitrogens with zero attached hydrogens (tertiary/aromatic N) is 5. The Balaban J connectivity index is 1.65. The third-order valence-electron chi connectivity index (χ3n) is 5.70. The van der Waals surface area contributed by atoms with Gasteiger partial charge in [-0.2, -0.15) is 0 Å². The predicted molar refractivity (Wildman–Crippen MR) is 124 cm³/mol. The smallest absolute Gasteiger partial charge is 0.181 e. The van der Waals surface area contributed by atoms with E-state index in [9.17, 15) is 0 Å². The summed E-state index contributed by atoms with van der Waals surface area (Å²) in [4.78, 5) is 14.8. The molecule has 0 radical (unpaired) electrons. The standard InChI is InChI=1S/C21H31IN6O/c1-25-16-26(12-13-29-2)15-19-20(25)24-21(27-10-5-8-23-9-11-27)28(19)14-17-6-3-4-7-18(17)22/h3-4,6-7,15,21,23H,5,8-14,16H2,1-2H3. The lowest BCUT2D eigenvalue weighted by Crippen LogP contribution is -2.47. The molecule has 1 aromatic rings. The van der Waals surface area contributed by atoms with E-state index in [0.717, 1.165) is 64.8 Å². The predicted octanol–water partition coefficient (Wildman–Crippen LogP) is 1.78. The molecule has 7 nitrogen and oxygen atoms in total. The molecule has 0 amide bonds. The van der Waals surface area contributed by atoms with Crippen molar-refractivity contribution in [3.05, 3.63) is 45.3 Å². The van der Waals surface area contributed by atoms with Gasteiger partial charge in [0, 0.05) is 56.7 Å². The summed E-state index contributed by atoms with van der Waals surface area (Å²) < 4.78 is 6.61. The molecule has 0 aromatic heterocycles. The van der Waals surface area contributed by atoms with E-state index in [-0.39, 0.29) is 6.29 Å². The number of hydrogen-bond acceptors (Lipinski definition) is 7. The number of nitrogens with one attached hydrogen (secondary N) is 1. The van der Waals surface area contributed by atoms with E-state index in [1.165, 1.54) is 14.8 Å². The summed E-state index contributed by atoms with van der Waals surface area (Å²) in [5.74, 6) is 1.10. The number of aliphatic imine (C=N–C) groups is 1. The lowest BCUT2D eigenvalue weighted by Gasteiger charge is -2.38. The van der Waals surface area contributed by atoms with E-state index in [4.69, 9.17) is 9.73 Å². The van der Waals surface area contributed by atoms with Crippen molar-refractivity contribution in [2.75, 3.05) is 60.2 Å². The second-order valence-corrected chi connectivity index (χ2v) is 8.98. The van der Waals surface area contributed by atoms with Crippen LogP contribution in [-0.4, -0.2) is 91.9 Å². The van der Waals surface area contributed by atoms with Crippen LogP contribution in [0, 0.1) is 3.57 Å². The lowest BCUT2D eigenvalue weighted by molar-refractivity contribution is 0.0854. The molecule has 158 valence electrons. The first-order valence-electron chi connectivity index (χ1n) is 10.4. The number of fused-ring (bicyclic) bond motifs is 1. The Labute approximate surface area is 187 Å². The fourth-order valence-corrected chi connectivity index (χ4v) is 4.73. The molecule has 3 aliphatic heterocycles. The Morgan fingerprint density at radius 2 is 2.10 bits per heavy atom. The molecule has 1 saturated heterocycles. The van der Waals surface area contributed by atoms with Gasteiger partial charge in [0.1, 0.15) is 0 Å². The lowest BCUT2D eigenvalue weighted by atomic mass is 10.2. The zero-order valence-corrected chi connectivity index (χ0v) is 19.5. The molecule has 1 fully saturated rings. The molecule has 0 bridgehead atoms. The summed E-state index contributed by atoms with van der Waals surface area (Å²) in [6.07, 6.45) is 3.49. The van der Waals surface area contributed by atoms with Crippen molar-refractivity contribution in [3.8, 4) is 0 Å². The molecule has 8 heteroatoms. The number of hydrogen-bond donors (Lipinski definition) is 1. The molecule has 0 spiro atoms. The first-order valence-corrected chi connectivity index (χ1v) is 11.4. The fourth-order valence-electron chi connectivity index (χ4n) is 4.17. The van der Waals surface area contributed by atoms with Gasteiger partial charge in [0.2, 0.25) is 0 Å². The molecule has 1 N–H and O–H groups in total. The zero-order valence-electron chi connectivity index (χ0n) is 17.4. The Bertz CT molecular complexity index is 761. The van der Waals surface area contributed by atoms with E-state index >= 15 is 0 Å². The summed E-state index contributed by atoms with van der Waals surface area (Å²) in [6.45, 7) is 7.51. The van der Waals surface area contributed by atoms with E-state index in [1.807, 2.05) is 0 Å². The third kappa shape index (κ3) is 4.70. The van der Waals surface area contributed by atoms with Crippen LogP contribution in [0.5, 0.6) is 0 Å². The van der Waals surface area contributed by atoms with Crippen molar-refractivity contribution in [3.63, 3.8) is 0 Å². The summed E-state index contributed by atoms with van der Waals surface area (Å²) >= 11 is 2.44. The second kappa shape index (κ2) is 9.63. The first-order chi connectivity index (χ1) is 14.2. The molecule has 1 aromatic carbocycles. The van der Waals surface area contributed by atoms with Crippen LogP contribution in [0.4, 0.5) is 0 Å². The highest BCUT2D eigenvalue weighted by Gasteiger charge is 2.39. The Morgan fingerprint density at radius 3 is 2.93 bits per heavy atom. The van der Waals surface area contributed by atoms with E-state index in [1.54, 1.807) is 7.11 Å². The highest BCUT2D eigenvalue weighted by molar-refractivity contribution is 14.1. The molecular weight excluding hydrogens is 479 g/mol. The Morgan fingerprint density at radius 1 is 1.24 bits per heavy atom. The van der Waals surface area contributed by atoms with Crippen LogP contribution >= 0.6 is 22.6 Å². The van der Waals surface area contributed by atoms with Crippen molar-refractivity contribution < 1.29 is 4.74 Å². The monoisotopic (exact) mass is 510 g/mol. The topological polar surface area (TPSA) is 46.6 Å². The molecule has 0 saturated carbocycles. The van der Waals surface area contributed by atoms with Gasteiger partial charge in [0.15, 0.2) is 12.1 Å². The van der Waals surface area contributed by atoms with Crippen molar-refractivity contribution in [1.82, 2.24) is 24.9 Å². The number of halogens is 1. The minimum Gasteiger partial charge on any atom is -0.383 e. The van der Waals surface area contributed by atoms with Gasteiger partial charge in [-0.25, -0.2) is 4.99 Å². The molecule has 29 heavy (non-hydrogen) atoms. The largest absolute Gasteiger partial charge is 0.383 e. The van der Waals surface area contributed by atoms with Crippen LogP contribution in [0.25, 0.3) is 0 Å². The van der Waals surface area contributed by atoms with Gasteiger partial charge in [-0.3, -0.25) is 4.90 Å². The number of rotatable bonds is 6. The van der Waals surface area contributed by atoms with Crippen molar-refractivity contribution >= 4 is 28.4 Å². The van der Waals surface area contributed by atoms with Gasteiger partial charge in [-0.1, -0.05) is 18.2 Å². The Kier molecular flexibility index (Phi) is 6.94. The quantitative estimate of drug-likeness (QED) is 0.589. The highest BCUT2D eigenvalue weighted by Crippen LogP contribution is 2.31. The van der Waals surface area contributed by atoms with E-state index in [2.05, 4.69) is 85.0 Å². The van der Waals surface area contributed by atoms with Crippen molar-refractivity contribution in [2.24, 2.45) is 4.99 Å². The minimum atomic E-state index is 0.0528. The van der Waals surface area contributed by atoms with Gasteiger partial charge >= 0.3 is 0 Å². The number of amidine groups is 1. The van der Waals surface area contributed by atoms with Crippen LogP contribution in [0.3, 0.4) is 0 Å². The summed E-state index contributed by atoms with van der Waals surface area (Å²) in [6, 6.07) is 8.66. The van der Waals surface area contributed by atoms with E-state index < -0.39 is 0 Å². The van der Waals surface area contributed by atoms with Gasteiger partial charge < -0.3 is 24.8 Å². The van der Waals surface area contributed by atoms with Crippen LogP contribution in [-0.2, 0) is 11.3 Å². The van der Waals surface area contributed by atoms with Gasteiger partial charge in [-0.15, -0.1) is 0 Å². The van der Waals surface area contributed by atoms with Crippen molar-refractivity contribution in [1.29, 1.82) is 0 Å². The third-order valence-corrected chi connectivity index (χ3v) is 6.75. The Hall–Kier alpha value is -1.36. The van der Waals surface area contributed by atoms with Crippen molar-refractivity contribution in [2.45, 2.75) is 19.3 Å². The fraction of sp³-hybridized carbons (Fsp3) is 0.571. The first kappa shape index (κ1) is 20.9. The summed E-state index contributed by atoms with van der Waals surface area (Å²) in [5.41, 5.74) is 2.57. The zero-order chi connectivity index (χ0) is 20.2. The number of benzene rings is 1. The summed E-state index contributed by atoms with van der Waals surface area (Å²) in [7, 11) is 3.90. The maximum atomic E-state index is 5.31. The van der Waals surface area contributed by atoms with Crippen LogP contribution in [0.1, 0.15) is 12.0 Å². The highest BCUT2D eigenvalue weighted by atomic mass is 127. The minimum absolute atomic E-state index is 0.0528. The molecule has 3 heterocycles. The maximum absolute atomic E-state index is 5.31. The van der Waals surface area contributed by atoms with Crippen LogP contribution < -0.4 is 5.32 Å². The number of ether oxygens (including phenoxy) is 1. The van der Waals surface area contributed by atoms with Gasteiger partial charge in [0.05, 0.1) is 19.0 Å². The molecule has 0 aliphatic carbocycles. The average Bonchev–Trinajstić information content (AvgIpc) is 2.90. The summed E-state index contributed by atoms with van der Waals surface area (Å²) in [5, 5.41) is 3.52. The van der Waals surface area contributed by atoms with Crippen LogP contribution in [0.15, 0.2) is 41.2 Å². The van der Waals surface area contributed by atoms with Gasteiger partial charge in [-0.05, 0) is 47.2 Å². The second-order valence-electron chi connectivity index (χ2n) is 7.82. The normalized spacial score (nSPS) is 23.0. The maximum Gasteiger partial charge on any atom is 0.181 e. The van der Waals surface area contributed by atoms with Gasteiger partial charge in [0.25, 0.3) is 0 Å². The molecule has 4 rings (SSSR count). The molecule has 1 unspecified atom stereocenters. The van der Waals surface area contributed by atoms with E-state index in [0.29, 0.717) is 0 Å².